The first-order valence-electron chi connectivity index (χ1n) is 6.56. The van der Waals surface area contributed by atoms with Crippen LogP contribution in [-0.4, -0.2) is 42.3 Å². The zero-order chi connectivity index (χ0) is 13.0. The summed E-state index contributed by atoms with van der Waals surface area (Å²) >= 11 is 0. The Kier molecular flexibility index (Phi) is 4.36. The van der Waals surface area contributed by atoms with E-state index in [0.29, 0.717) is 18.0 Å². The molecule has 0 aliphatic carbocycles. The second-order valence-electron chi connectivity index (χ2n) is 4.97. The SMILES string of the molecule is COc1cc(N2CCCC2CNC(C)C)ncn1. The third-order valence-corrected chi connectivity index (χ3v) is 3.27. The molecule has 2 rings (SSSR count). The maximum Gasteiger partial charge on any atom is 0.218 e. The van der Waals surface area contributed by atoms with Gasteiger partial charge in [-0.3, -0.25) is 0 Å². The Morgan fingerprint density at radius 2 is 2.33 bits per heavy atom. The number of anilines is 1. The van der Waals surface area contributed by atoms with Crippen LogP contribution >= 0.6 is 0 Å². The van der Waals surface area contributed by atoms with Crippen molar-refractivity contribution in [2.75, 3.05) is 25.1 Å². The fraction of sp³-hybridized carbons (Fsp3) is 0.692. The van der Waals surface area contributed by atoms with Crippen molar-refractivity contribution >= 4 is 5.82 Å². The van der Waals surface area contributed by atoms with Gasteiger partial charge in [0, 0.05) is 31.2 Å². The van der Waals surface area contributed by atoms with Crippen LogP contribution in [0.3, 0.4) is 0 Å². The number of hydrogen-bond acceptors (Lipinski definition) is 5. The third-order valence-electron chi connectivity index (χ3n) is 3.27. The molecule has 0 saturated carbocycles. The summed E-state index contributed by atoms with van der Waals surface area (Å²) in [7, 11) is 1.63. The summed E-state index contributed by atoms with van der Waals surface area (Å²) in [6.07, 6.45) is 4.00. The van der Waals surface area contributed by atoms with Gasteiger partial charge < -0.3 is 15.0 Å². The van der Waals surface area contributed by atoms with Gasteiger partial charge in [-0.05, 0) is 12.8 Å². The van der Waals surface area contributed by atoms with Crippen molar-refractivity contribution < 1.29 is 4.74 Å². The zero-order valence-corrected chi connectivity index (χ0v) is 11.4. The smallest absolute Gasteiger partial charge is 0.218 e. The topological polar surface area (TPSA) is 50.3 Å². The van der Waals surface area contributed by atoms with Crippen LogP contribution in [0.25, 0.3) is 0 Å². The number of rotatable bonds is 5. The van der Waals surface area contributed by atoms with Crippen molar-refractivity contribution in [1.29, 1.82) is 0 Å². The maximum atomic E-state index is 5.15. The van der Waals surface area contributed by atoms with Crippen molar-refractivity contribution in [2.45, 2.75) is 38.8 Å². The molecule has 0 aromatic carbocycles. The van der Waals surface area contributed by atoms with Gasteiger partial charge in [0.05, 0.1) is 7.11 Å². The van der Waals surface area contributed by atoms with Crippen molar-refractivity contribution in [3.8, 4) is 5.88 Å². The largest absolute Gasteiger partial charge is 0.481 e. The summed E-state index contributed by atoms with van der Waals surface area (Å²) < 4.78 is 5.15. The van der Waals surface area contributed by atoms with Gasteiger partial charge in [-0.1, -0.05) is 13.8 Å². The monoisotopic (exact) mass is 250 g/mol. The first-order chi connectivity index (χ1) is 8.70. The van der Waals surface area contributed by atoms with Crippen molar-refractivity contribution in [2.24, 2.45) is 0 Å². The van der Waals surface area contributed by atoms with Gasteiger partial charge in [0.2, 0.25) is 5.88 Å². The number of ether oxygens (including phenoxy) is 1. The molecule has 0 bridgehead atoms. The Bertz CT molecular complexity index is 383. The first-order valence-corrected chi connectivity index (χ1v) is 6.56. The van der Waals surface area contributed by atoms with Crippen LogP contribution in [0.1, 0.15) is 26.7 Å². The van der Waals surface area contributed by atoms with Crippen molar-refractivity contribution in [1.82, 2.24) is 15.3 Å². The van der Waals surface area contributed by atoms with Gasteiger partial charge in [-0.25, -0.2) is 9.97 Å². The molecule has 1 atom stereocenters. The average molecular weight is 250 g/mol. The molecular formula is C13H22N4O. The van der Waals surface area contributed by atoms with E-state index in [-0.39, 0.29) is 0 Å². The Morgan fingerprint density at radius 1 is 1.50 bits per heavy atom. The lowest BCUT2D eigenvalue weighted by atomic mass is 10.2. The van der Waals surface area contributed by atoms with E-state index in [1.807, 2.05) is 6.07 Å². The second kappa shape index (κ2) is 6.00. The van der Waals surface area contributed by atoms with Crippen LogP contribution in [0, 0.1) is 0 Å². The lowest BCUT2D eigenvalue weighted by Crippen LogP contribution is -2.40. The van der Waals surface area contributed by atoms with E-state index in [9.17, 15) is 0 Å². The van der Waals surface area contributed by atoms with E-state index >= 15 is 0 Å². The van der Waals surface area contributed by atoms with Gasteiger partial charge in [0.15, 0.2) is 0 Å². The standard InChI is InChI=1S/C13H22N4O/c1-10(2)14-8-11-5-4-6-17(11)12-7-13(18-3)16-9-15-12/h7,9-11,14H,4-6,8H2,1-3H3. The first kappa shape index (κ1) is 13.1. The molecule has 1 aromatic rings. The number of hydrogen-bond donors (Lipinski definition) is 1. The van der Waals surface area contributed by atoms with E-state index in [1.165, 1.54) is 12.8 Å². The molecule has 1 saturated heterocycles. The van der Waals surface area contributed by atoms with E-state index in [4.69, 9.17) is 4.74 Å². The quantitative estimate of drug-likeness (QED) is 0.857. The van der Waals surface area contributed by atoms with E-state index in [1.54, 1.807) is 13.4 Å². The number of aromatic nitrogens is 2. The molecule has 1 aliphatic rings. The average Bonchev–Trinajstić information content (AvgIpc) is 2.84. The van der Waals surface area contributed by atoms with Crippen LogP contribution in [0.4, 0.5) is 5.82 Å². The Morgan fingerprint density at radius 3 is 3.06 bits per heavy atom. The highest BCUT2D eigenvalue weighted by atomic mass is 16.5. The van der Waals surface area contributed by atoms with E-state index in [2.05, 4.69) is 34.0 Å². The second-order valence-corrected chi connectivity index (χ2v) is 4.97. The molecule has 5 heteroatoms. The number of methoxy groups -OCH3 is 1. The van der Waals surface area contributed by atoms with Gasteiger partial charge >= 0.3 is 0 Å². The summed E-state index contributed by atoms with van der Waals surface area (Å²) in [6.45, 7) is 6.41. The predicted molar refractivity (Wildman–Crippen MR) is 72.1 cm³/mol. The zero-order valence-electron chi connectivity index (χ0n) is 11.4. The Hall–Kier alpha value is -1.36. The Labute approximate surface area is 109 Å². The van der Waals surface area contributed by atoms with Crippen molar-refractivity contribution in [3.63, 3.8) is 0 Å². The number of nitrogens with one attached hydrogen (secondary N) is 1. The van der Waals surface area contributed by atoms with Crippen LogP contribution in [0.15, 0.2) is 12.4 Å². The molecule has 100 valence electrons. The fourth-order valence-corrected chi connectivity index (χ4v) is 2.32. The van der Waals surface area contributed by atoms with Crippen LogP contribution in [-0.2, 0) is 0 Å². The van der Waals surface area contributed by atoms with Gasteiger partial charge in [-0.2, -0.15) is 0 Å². The normalized spacial score (nSPS) is 19.6. The molecule has 1 N–H and O–H groups in total. The van der Waals surface area contributed by atoms with Crippen LogP contribution in [0.2, 0.25) is 0 Å². The lowest BCUT2D eigenvalue weighted by Gasteiger charge is -2.26. The number of nitrogens with zero attached hydrogens (tertiary/aromatic N) is 3. The third kappa shape index (κ3) is 3.10. The summed E-state index contributed by atoms with van der Waals surface area (Å²) in [5.41, 5.74) is 0. The summed E-state index contributed by atoms with van der Waals surface area (Å²) in [5.74, 6) is 1.59. The highest BCUT2D eigenvalue weighted by molar-refractivity contribution is 5.43. The lowest BCUT2D eigenvalue weighted by molar-refractivity contribution is 0.396. The van der Waals surface area contributed by atoms with Crippen LogP contribution in [0.5, 0.6) is 5.88 Å². The predicted octanol–water partition coefficient (Wildman–Crippen LogP) is 1.45. The molecular weight excluding hydrogens is 228 g/mol. The van der Waals surface area contributed by atoms with E-state index < -0.39 is 0 Å². The molecule has 1 unspecified atom stereocenters. The fourth-order valence-electron chi connectivity index (χ4n) is 2.32. The molecule has 0 spiro atoms. The minimum Gasteiger partial charge on any atom is -0.481 e. The van der Waals surface area contributed by atoms with Crippen molar-refractivity contribution in [3.05, 3.63) is 12.4 Å². The molecule has 5 nitrogen and oxygen atoms in total. The molecule has 0 radical (unpaired) electrons. The highest BCUT2D eigenvalue weighted by Gasteiger charge is 2.25. The molecule has 2 heterocycles. The molecule has 0 amide bonds. The minimum absolute atomic E-state index is 0.520. The molecule has 1 aliphatic heterocycles. The molecule has 1 fully saturated rings. The van der Waals surface area contributed by atoms with Gasteiger partial charge in [-0.15, -0.1) is 0 Å². The maximum absolute atomic E-state index is 5.15. The minimum atomic E-state index is 0.520. The highest BCUT2D eigenvalue weighted by Crippen LogP contribution is 2.25. The summed E-state index contributed by atoms with van der Waals surface area (Å²) in [6, 6.07) is 2.95. The van der Waals surface area contributed by atoms with E-state index in [0.717, 1.165) is 18.9 Å². The molecule has 18 heavy (non-hydrogen) atoms. The van der Waals surface area contributed by atoms with Gasteiger partial charge in [0.25, 0.3) is 0 Å². The summed E-state index contributed by atoms with van der Waals surface area (Å²) in [4.78, 5) is 10.8. The van der Waals surface area contributed by atoms with Gasteiger partial charge in [0.1, 0.15) is 12.1 Å². The summed E-state index contributed by atoms with van der Waals surface area (Å²) in [5, 5.41) is 3.50. The Balaban J connectivity index is 2.05. The van der Waals surface area contributed by atoms with Crippen LogP contribution < -0.4 is 15.0 Å². The molecule has 1 aromatic heterocycles.